The molecule has 7 heteroatoms. The average molecular weight is 412 g/mol. The van der Waals surface area contributed by atoms with Crippen LogP contribution in [-0.2, 0) is 11.3 Å². The van der Waals surface area contributed by atoms with Crippen molar-refractivity contribution in [1.82, 2.24) is 15.3 Å². The Balaban J connectivity index is 1.29. The van der Waals surface area contributed by atoms with Crippen molar-refractivity contribution in [3.8, 4) is 0 Å². The van der Waals surface area contributed by atoms with Gasteiger partial charge in [0, 0.05) is 44.7 Å². The molecule has 0 bridgehead atoms. The van der Waals surface area contributed by atoms with E-state index in [9.17, 15) is 9.18 Å². The highest BCUT2D eigenvalue weighted by Crippen LogP contribution is 2.26. The fraction of sp³-hybridized carbons (Fsp3) is 0.522. The topological polar surface area (TPSA) is 61.4 Å². The third kappa shape index (κ3) is 5.07. The second-order valence-corrected chi connectivity index (χ2v) is 8.53. The van der Waals surface area contributed by atoms with Gasteiger partial charge in [-0.05, 0) is 49.3 Å². The Labute approximate surface area is 177 Å². The van der Waals surface area contributed by atoms with Gasteiger partial charge in [0.25, 0.3) is 0 Å². The number of benzene rings is 1. The lowest BCUT2D eigenvalue weighted by Gasteiger charge is -2.34. The van der Waals surface area contributed by atoms with E-state index in [-0.39, 0.29) is 17.6 Å². The molecular weight excluding hydrogens is 381 g/mol. The molecule has 2 fully saturated rings. The molecule has 6 nitrogen and oxygen atoms in total. The molecule has 1 unspecified atom stereocenters. The molecule has 0 radical (unpaired) electrons. The van der Waals surface area contributed by atoms with Crippen molar-refractivity contribution in [3.63, 3.8) is 0 Å². The minimum Gasteiger partial charge on any atom is -0.356 e. The third-order valence-electron chi connectivity index (χ3n) is 6.19. The van der Waals surface area contributed by atoms with Crippen molar-refractivity contribution in [2.75, 3.05) is 36.0 Å². The Morgan fingerprint density at radius 2 is 1.77 bits per heavy atom. The first-order chi connectivity index (χ1) is 14.6. The average Bonchev–Trinajstić information content (AvgIpc) is 2.79. The monoisotopic (exact) mass is 411 g/mol. The molecule has 2 aromatic rings. The number of aromatic nitrogens is 2. The van der Waals surface area contributed by atoms with Crippen LogP contribution in [0.5, 0.6) is 0 Å². The Hall–Kier alpha value is -2.70. The van der Waals surface area contributed by atoms with E-state index in [1.54, 1.807) is 18.5 Å². The van der Waals surface area contributed by atoms with Crippen LogP contribution < -0.4 is 15.1 Å². The van der Waals surface area contributed by atoms with E-state index in [1.807, 2.05) is 0 Å². The number of halogens is 1. The quantitative estimate of drug-likeness (QED) is 0.817. The number of amides is 1. The Bertz CT molecular complexity index is 851. The Morgan fingerprint density at radius 3 is 2.47 bits per heavy atom. The molecule has 4 rings (SSSR count). The van der Waals surface area contributed by atoms with E-state index >= 15 is 0 Å². The molecule has 1 N–H and O–H groups in total. The zero-order chi connectivity index (χ0) is 20.9. The first kappa shape index (κ1) is 20.6. The van der Waals surface area contributed by atoms with Crippen molar-refractivity contribution in [2.24, 2.45) is 11.8 Å². The molecule has 0 saturated carbocycles. The van der Waals surface area contributed by atoms with E-state index in [4.69, 9.17) is 0 Å². The number of anilines is 2. The Morgan fingerprint density at radius 1 is 1.07 bits per heavy atom. The van der Waals surface area contributed by atoms with Gasteiger partial charge in [0.1, 0.15) is 23.8 Å². The SMILES string of the molecule is CC1CCCN(c2cc(N3CCC(C(=O)NCc4ccc(F)cc4)CC3)ncn2)C1. The smallest absolute Gasteiger partial charge is 0.223 e. The van der Waals surface area contributed by atoms with E-state index in [1.165, 1.54) is 25.0 Å². The molecule has 1 aromatic heterocycles. The van der Waals surface area contributed by atoms with Gasteiger partial charge in [0.05, 0.1) is 0 Å². The van der Waals surface area contributed by atoms with Gasteiger partial charge in [-0.1, -0.05) is 19.1 Å². The lowest BCUT2D eigenvalue weighted by atomic mass is 9.95. The predicted octanol–water partition coefficient (Wildman–Crippen LogP) is 3.38. The van der Waals surface area contributed by atoms with Crippen LogP contribution in [0, 0.1) is 17.7 Å². The van der Waals surface area contributed by atoms with Gasteiger partial charge in [-0.25, -0.2) is 14.4 Å². The summed E-state index contributed by atoms with van der Waals surface area (Å²) in [6.07, 6.45) is 5.75. The second kappa shape index (κ2) is 9.41. The molecular formula is C23H30FN5O. The normalized spacial score (nSPS) is 20.3. The van der Waals surface area contributed by atoms with E-state index < -0.39 is 0 Å². The van der Waals surface area contributed by atoms with Gasteiger partial charge in [-0.2, -0.15) is 0 Å². The Kier molecular flexibility index (Phi) is 6.45. The fourth-order valence-electron chi connectivity index (χ4n) is 4.39. The van der Waals surface area contributed by atoms with Crippen molar-refractivity contribution in [2.45, 2.75) is 39.2 Å². The number of hydrogen-bond donors (Lipinski definition) is 1. The summed E-state index contributed by atoms with van der Waals surface area (Å²) in [5, 5.41) is 2.99. The summed E-state index contributed by atoms with van der Waals surface area (Å²) >= 11 is 0. The predicted molar refractivity (Wildman–Crippen MR) is 116 cm³/mol. The summed E-state index contributed by atoms with van der Waals surface area (Å²) in [5.74, 6) is 2.46. The van der Waals surface area contributed by atoms with E-state index in [0.717, 1.165) is 56.2 Å². The van der Waals surface area contributed by atoms with Gasteiger partial charge in [-0.3, -0.25) is 4.79 Å². The van der Waals surface area contributed by atoms with Crippen LogP contribution in [0.25, 0.3) is 0 Å². The fourth-order valence-corrected chi connectivity index (χ4v) is 4.39. The van der Waals surface area contributed by atoms with E-state index in [2.05, 4.69) is 38.1 Å². The first-order valence-electron chi connectivity index (χ1n) is 10.9. The van der Waals surface area contributed by atoms with Gasteiger partial charge in [0.15, 0.2) is 0 Å². The number of hydrogen-bond acceptors (Lipinski definition) is 5. The maximum absolute atomic E-state index is 13.0. The summed E-state index contributed by atoms with van der Waals surface area (Å²) in [5.41, 5.74) is 0.905. The summed E-state index contributed by atoms with van der Waals surface area (Å²) in [6, 6.07) is 8.33. The molecule has 30 heavy (non-hydrogen) atoms. The van der Waals surface area contributed by atoms with Crippen LogP contribution in [0.1, 0.15) is 38.2 Å². The van der Waals surface area contributed by atoms with Gasteiger partial charge >= 0.3 is 0 Å². The molecule has 2 saturated heterocycles. The molecule has 2 aliphatic heterocycles. The molecule has 1 aromatic carbocycles. The molecule has 0 aliphatic carbocycles. The maximum atomic E-state index is 13.0. The minimum absolute atomic E-state index is 0.00551. The van der Waals surface area contributed by atoms with Crippen LogP contribution in [0.15, 0.2) is 36.7 Å². The van der Waals surface area contributed by atoms with Gasteiger partial charge in [0.2, 0.25) is 5.91 Å². The van der Waals surface area contributed by atoms with Crippen LogP contribution >= 0.6 is 0 Å². The molecule has 160 valence electrons. The number of carbonyl (C=O) groups is 1. The number of nitrogens with one attached hydrogen (secondary N) is 1. The maximum Gasteiger partial charge on any atom is 0.223 e. The highest BCUT2D eigenvalue weighted by Gasteiger charge is 2.26. The lowest BCUT2D eigenvalue weighted by Crippen LogP contribution is -2.41. The standard InChI is InChI=1S/C23H30FN5O/c1-17-3-2-10-29(15-17)22-13-21(26-16-27-22)28-11-8-19(9-12-28)23(30)25-14-18-4-6-20(24)7-5-18/h4-7,13,16-17,19H,2-3,8-12,14-15H2,1H3,(H,25,30). The number of carbonyl (C=O) groups excluding carboxylic acids is 1. The number of rotatable bonds is 5. The summed E-state index contributed by atoms with van der Waals surface area (Å²) in [4.78, 5) is 26.1. The van der Waals surface area contributed by atoms with Crippen LogP contribution in [0.3, 0.4) is 0 Å². The number of nitrogens with zero attached hydrogens (tertiary/aromatic N) is 4. The molecule has 1 amide bonds. The first-order valence-corrected chi connectivity index (χ1v) is 10.9. The number of piperidine rings is 2. The molecule has 3 heterocycles. The summed E-state index contributed by atoms with van der Waals surface area (Å²) in [6.45, 7) is 6.44. The minimum atomic E-state index is -0.264. The van der Waals surface area contributed by atoms with Crippen LogP contribution in [0.2, 0.25) is 0 Å². The third-order valence-corrected chi connectivity index (χ3v) is 6.19. The highest BCUT2D eigenvalue weighted by molar-refractivity contribution is 5.79. The van der Waals surface area contributed by atoms with Crippen molar-refractivity contribution < 1.29 is 9.18 Å². The summed E-state index contributed by atoms with van der Waals surface area (Å²) < 4.78 is 13.0. The molecule has 2 aliphatic rings. The van der Waals surface area contributed by atoms with Crippen molar-refractivity contribution in [1.29, 1.82) is 0 Å². The van der Waals surface area contributed by atoms with Crippen molar-refractivity contribution >= 4 is 17.5 Å². The highest BCUT2D eigenvalue weighted by atomic mass is 19.1. The largest absolute Gasteiger partial charge is 0.356 e. The van der Waals surface area contributed by atoms with Gasteiger partial charge < -0.3 is 15.1 Å². The molecule has 1 atom stereocenters. The zero-order valence-corrected chi connectivity index (χ0v) is 17.6. The van der Waals surface area contributed by atoms with Crippen molar-refractivity contribution in [3.05, 3.63) is 48.0 Å². The van der Waals surface area contributed by atoms with Crippen LogP contribution in [-0.4, -0.2) is 42.1 Å². The lowest BCUT2D eigenvalue weighted by molar-refractivity contribution is -0.125. The van der Waals surface area contributed by atoms with Crippen LogP contribution in [0.4, 0.5) is 16.0 Å². The summed E-state index contributed by atoms with van der Waals surface area (Å²) in [7, 11) is 0. The zero-order valence-electron chi connectivity index (χ0n) is 17.6. The molecule has 0 spiro atoms. The van der Waals surface area contributed by atoms with E-state index in [0.29, 0.717) is 12.5 Å². The second-order valence-electron chi connectivity index (χ2n) is 8.53. The van der Waals surface area contributed by atoms with Gasteiger partial charge in [-0.15, -0.1) is 0 Å².